The van der Waals surface area contributed by atoms with Gasteiger partial charge in [0, 0.05) is 16.0 Å². The summed E-state index contributed by atoms with van der Waals surface area (Å²) in [5.74, 6) is -1.32. The minimum absolute atomic E-state index is 0.0111. The number of halogens is 2. The summed E-state index contributed by atoms with van der Waals surface area (Å²) in [4.78, 5) is 11.3. The Morgan fingerprint density at radius 1 is 1.20 bits per heavy atom. The third-order valence-corrected chi connectivity index (χ3v) is 3.21. The third kappa shape index (κ3) is 2.04. The third-order valence-electron chi connectivity index (χ3n) is 2.97. The number of para-hydroxylation sites is 1. The van der Waals surface area contributed by atoms with Crippen molar-refractivity contribution in [3.05, 3.63) is 58.9 Å². The van der Waals surface area contributed by atoms with Crippen molar-refractivity contribution in [3.8, 4) is 11.3 Å². The number of benzene rings is 2. The molecule has 0 unspecified atom stereocenters. The van der Waals surface area contributed by atoms with E-state index < -0.39 is 11.8 Å². The van der Waals surface area contributed by atoms with Gasteiger partial charge in [0.15, 0.2) is 11.4 Å². The molecule has 0 radical (unpaired) electrons. The number of furan rings is 1. The molecule has 0 aliphatic rings. The summed E-state index contributed by atoms with van der Waals surface area (Å²) in [5.41, 5.74) is 0.475. The molecular weight excluding hydrogens is 283 g/mol. The van der Waals surface area contributed by atoms with Gasteiger partial charge in [-0.15, -0.1) is 0 Å². The van der Waals surface area contributed by atoms with Crippen molar-refractivity contribution < 1.29 is 18.7 Å². The molecule has 3 aromatic rings. The fraction of sp³-hybridized carbons (Fsp3) is 0. The molecule has 1 N–H and O–H groups in total. The van der Waals surface area contributed by atoms with E-state index in [2.05, 4.69) is 0 Å². The van der Waals surface area contributed by atoms with E-state index in [0.717, 1.165) is 0 Å². The van der Waals surface area contributed by atoms with Gasteiger partial charge in [0.2, 0.25) is 0 Å². The molecule has 20 heavy (non-hydrogen) atoms. The van der Waals surface area contributed by atoms with E-state index in [1.54, 1.807) is 30.3 Å². The van der Waals surface area contributed by atoms with Crippen LogP contribution in [0.5, 0.6) is 0 Å². The van der Waals surface area contributed by atoms with Gasteiger partial charge in [0.05, 0.1) is 5.56 Å². The van der Waals surface area contributed by atoms with E-state index in [1.807, 2.05) is 0 Å². The second-order valence-corrected chi connectivity index (χ2v) is 4.70. The number of carboxylic acid groups (broad SMARTS) is 1. The molecule has 5 heteroatoms. The lowest BCUT2D eigenvalue weighted by atomic mass is 10.1. The number of hydrogen-bond acceptors (Lipinski definition) is 2. The van der Waals surface area contributed by atoms with Gasteiger partial charge in [-0.25, -0.2) is 9.18 Å². The number of rotatable bonds is 2. The molecular formula is C15H8ClFO3. The number of aromatic carboxylic acids is 1. The zero-order valence-corrected chi connectivity index (χ0v) is 10.8. The van der Waals surface area contributed by atoms with Crippen molar-refractivity contribution >= 4 is 28.5 Å². The maximum Gasteiger partial charge on any atom is 0.336 e. The highest BCUT2D eigenvalue weighted by atomic mass is 35.5. The van der Waals surface area contributed by atoms with Crippen molar-refractivity contribution in [3.63, 3.8) is 0 Å². The van der Waals surface area contributed by atoms with E-state index in [0.29, 0.717) is 21.7 Å². The molecule has 2 aromatic carbocycles. The predicted octanol–water partition coefficient (Wildman–Crippen LogP) is 4.59. The molecule has 0 amide bonds. The monoisotopic (exact) mass is 290 g/mol. The lowest BCUT2D eigenvalue weighted by Gasteiger charge is -2.03. The Kier molecular flexibility index (Phi) is 2.95. The van der Waals surface area contributed by atoms with Gasteiger partial charge in [-0.1, -0.05) is 23.7 Å². The van der Waals surface area contributed by atoms with Crippen LogP contribution in [0.1, 0.15) is 10.4 Å². The number of hydrogen-bond donors (Lipinski definition) is 1. The van der Waals surface area contributed by atoms with Gasteiger partial charge in [-0.05, 0) is 30.3 Å². The Balaban J connectivity index is 2.25. The standard InChI is InChI=1S/C15H8ClFO3/c16-9-4-5-10(11(7-9)15(18)19)13-6-8-2-1-3-12(17)14(8)20-13/h1-7H,(H,18,19). The van der Waals surface area contributed by atoms with Gasteiger partial charge in [0.1, 0.15) is 5.76 Å². The zero-order chi connectivity index (χ0) is 14.3. The Labute approximate surface area is 118 Å². The van der Waals surface area contributed by atoms with E-state index in [4.69, 9.17) is 16.0 Å². The summed E-state index contributed by atoms with van der Waals surface area (Å²) in [6.07, 6.45) is 0. The van der Waals surface area contributed by atoms with Gasteiger partial charge in [0.25, 0.3) is 0 Å². The summed E-state index contributed by atoms with van der Waals surface area (Å²) in [6.45, 7) is 0. The molecule has 0 aliphatic heterocycles. The van der Waals surface area contributed by atoms with Gasteiger partial charge < -0.3 is 9.52 Å². The molecule has 100 valence electrons. The largest absolute Gasteiger partial charge is 0.478 e. The summed E-state index contributed by atoms with van der Waals surface area (Å²) < 4.78 is 19.0. The summed E-state index contributed by atoms with van der Waals surface area (Å²) in [7, 11) is 0. The van der Waals surface area contributed by atoms with Crippen molar-refractivity contribution in [2.45, 2.75) is 0 Å². The Hall–Kier alpha value is -2.33. The number of carbonyl (C=O) groups is 1. The first kappa shape index (κ1) is 12.7. The van der Waals surface area contributed by atoms with Crippen LogP contribution in [0.2, 0.25) is 5.02 Å². The average molecular weight is 291 g/mol. The molecule has 3 rings (SSSR count). The van der Waals surface area contributed by atoms with Crippen molar-refractivity contribution in [2.24, 2.45) is 0 Å². The van der Waals surface area contributed by atoms with Gasteiger partial charge >= 0.3 is 5.97 Å². The molecule has 1 heterocycles. The molecule has 0 aliphatic carbocycles. The lowest BCUT2D eigenvalue weighted by Crippen LogP contribution is -1.98. The Bertz CT molecular complexity index is 823. The minimum atomic E-state index is -1.12. The average Bonchev–Trinajstić information content (AvgIpc) is 2.84. The van der Waals surface area contributed by atoms with Crippen LogP contribution in [0.25, 0.3) is 22.3 Å². The van der Waals surface area contributed by atoms with E-state index in [9.17, 15) is 14.3 Å². The van der Waals surface area contributed by atoms with Crippen LogP contribution >= 0.6 is 11.6 Å². The summed E-state index contributed by atoms with van der Waals surface area (Å²) >= 11 is 5.80. The number of fused-ring (bicyclic) bond motifs is 1. The smallest absolute Gasteiger partial charge is 0.336 e. The first-order valence-electron chi connectivity index (χ1n) is 5.77. The Morgan fingerprint density at radius 3 is 2.70 bits per heavy atom. The van der Waals surface area contributed by atoms with Gasteiger partial charge in [-0.3, -0.25) is 0 Å². The fourth-order valence-electron chi connectivity index (χ4n) is 2.07. The van der Waals surface area contributed by atoms with E-state index >= 15 is 0 Å². The molecule has 0 saturated heterocycles. The molecule has 0 spiro atoms. The maximum absolute atomic E-state index is 13.6. The van der Waals surface area contributed by atoms with Crippen LogP contribution in [-0.2, 0) is 0 Å². The molecule has 0 fully saturated rings. The summed E-state index contributed by atoms with van der Waals surface area (Å²) in [6, 6.07) is 10.6. The van der Waals surface area contributed by atoms with Crippen LogP contribution in [0, 0.1) is 5.82 Å². The minimum Gasteiger partial charge on any atom is -0.478 e. The molecule has 1 aromatic heterocycles. The number of carboxylic acids is 1. The predicted molar refractivity (Wildman–Crippen MR) is 73.6 cm³/mol. The molecule has 3 nitrogen and oxygen atoms in total. The summed E-state index contributed by atoms with van der Waals surface area (Å²) in [5, 5.41) is 10.1. The van der Waals surface area contributed by atoms with Crippen LogP contribution < -0.4 is 0 Å². The fourth-order valence-corrected chi connectivity index (χ4v) is 2.24. The first-order valence-corrected chi connectivity index (χ1v) is 6.15. The highest BCUT2D eigenvalue weighted by Crippen LogP contribution is 2.32. The highest BCUT2D eigenvalue weighted by Gasteiger charge is 2.17. The zero-order valence-electron chi connectivity index (χ0n) is 10.1. The van der Waals surface area contributed by atoms with Crippen LogP contribution in [-0.4, -0.2) is 11.1 Å². The quantitative estimate of drug-likeness (QED) is 0.751. The van der Waals surface area contributed by atoms with Crippen molar-refractivity contribution in [1.82, 2.24) is 0 Å². The SMILES string of the molecule is O=C(O)c1cc(Cl)ccc1-c1cc2cccc(F)c2o1. The van der Waals surface area contributed by atoms with Crippen molar-refractivity contribution in [1.29, 1.82) is 0 Å². The van der Waals surface area contributed by atoms with Gasteiger partial charge in [-0.2, -0.15) is 0 Å². The van der Waals surface area contributed by atoms with E-state index in [-0.39, 0.29) is 11.1 Å². The Morgan fingerprint density at radius 2 is 2.00 bits per heavy atom. The second-order valence-electron chi connectivity index (χ2n) is 4.26. The van der Waals surface area contributed by atoms with Crippen LogP contribution in [0.15, 0.2) is 46.9 Å². The first-order chi connectivity index (χ1) is 9.56. The molecule has 0 atom stereocenters. The second kappa shape index (κ2) is 4.65. The maximum atomic E-state index is 13.6. The van der Waals surface area contributed by atoms with Crippen LogP contribution in [0.4, 0.5) is 4.39 Å². The highest BCUT2D eigenvalue weighted by molar-refractivity contribution is 6.31. The van der Waals surface area contributed by atoms with Crippen LogP contribution in [0.3, 0.4) is 0 Å². The topological polar surface area (TPSA) is 50.4 Å². The molecule has 0 saturated carbocycles. The molecule has 0 bridgehead atoms. The van der Waals surface area contributed by atoms with E-state index in [1.165, 1.54) is 12.1 Å². The lowest BCUT2D eigenvalue weighted by molar-refractivity contribution is 0.0697. The van der Waals surface area contributed by atoms with Crippen molar-refractivity contribution in [2.75, 3.05) is 0 Å². The normalized spacial score (nSPS) is 10.9.